The van der Waals surface area contributed by atoms with Crippen molar-refractivity contribution in [2.24, 2.45) is 0 Å². The summed E-state index contributed by atoms with van der Waals surface area (Å²) in [6.07, 6.45) is 5.61. The molecule has 0 saturated carbocycles. The van der Waals surface area contributed by atoms with E-state index >= 15 is 0 Å². The van der Waals surface area contributed by atoms with E-state index in [1.165, 1.54) is 0 Å². The Bertz CT molecular complexity index is 624. The minimum absolute atomic E-state index is 0.0555. The molecular formula is C19H26N4O2. The fourth-order valence-electron chi connectivity index (χ4n) is 3.34. The number of hydrogen-bond acceptors (Lipinski definition) is 4. The van der Waals surface area contributed by atoms with Gasteiger partial charge in [0.2, 0.25) is 11.8 Å². The van der Waals surface area contributed by atoms with Crippen LogP contribution < -0.4 is 16.0 Å². The molecule has 134 valence electrons. The molecule has 2 fully saturated rings. The third-order valence-electron chi connectivity index (χ3n) is 4.70. The van der Waals surface area contributed by atoms with Crippen LogP contribution in [0.2, 0.25) is 0 Å². The van der Waals surface area contributed by atoms with Gasteiger partial charge in [0.25, 0.3) is 0 Å². The summed E-state index contributed by atoms with van der Waals surface area (Å²) in [5.41, 5.74) is 1.01. The van der Waals surface area contributed by atoms with Gasteiger partial charge in [0.15, 0.2) is 0 Å². The van der Waals surface area contributed by atoms with Crippen LogP contribution in [0.1, 0.15) is 31.7 Å². The maximum atomic E-state index is 12.1. The van der Waals surface area contributed by atoms with Gasteiger partial charge in [-0.3, -0.25) is 19.8 Å². The lowest BCUT2D eigenvalue weighted by Gasteiger charge is -2.41. The third kappa shape index (κ3) is 5.14. The smallest absolute Gasteiger partial charge is 0.244 e. The first-order valence-corrected chi connectivity index (χ1v) is 8.93. The second-order valence-electron chi connectivity index (χ2n) is 6.80. The number of nitrogens with one attached hydrogen (secondary N) is 3. The highest BCUT2D eigenvalue weighted by Gasteiger charge is 2.30. The van der Waals surface area contributed by atoms with E-state index in [0.29, 0.717) is 6.42 Å². The van der Waals surface area contributed by atoms with Crippen LogP contribution in [0.15, 0.2) is 36.4 Å². The van der Waals surface area contributed by atoms with Gasteiger partial charge < -0.3 is 10.6 Å². The van der Waals surface area contributed by atoms with Crippen molar-refractivity contribution in [1.82, 2.24) is 20.9 Å². The molecule has 2 atom stereocenters. The van der Waals surface area contributed by atoms with Gasteiger partial charge in [-0.2, -0.15) is 0 Å². The number of piperidine rings is 1. The summed E-state index contributed by atoms with van der Waals surface area (Å²) in [4.78, 5) is 26.0. The number of rotatable bonds is 4. The first-order valence-electron chi connectivity index (χ1n) is 8.93. The van der Waals surface area contributed by atoms with Crippen LogP contribution in [-0.2, 0) is 9.59 Å². The zero-order valence-electron chi connectivity index (χ0n) is 14.6. The molecule has 0 aromatic heterocycles. The van der Waals surface area contributed by atoms with E-state index in [4.69, 9.17) is 0 Å². The minimum Gasteiger partial charge on any atom is -0.350 e. The topological polar surface area (TPSA) is 73.5 Å². The Kier molecular flexibility index (Phi) is 5.83. The van der Waals surface area contributed by atoms with Crippen molar-refractivity contribution in [3.8, 4) is 0 Å². The highest BCUT2D eigenvalue weighted by Crippen LogP contribution is 2.14. The maximum Gasteiger partial charge on any atom is 0.244 e. The van der Waals surface area contributed by atoms with Crippen molar-refractivity contribution in [3.05, 3.63) is 42.0 Å². The number of carbonyl (C=O) groups excluding carboxylic acids is 2. The van der Waals surface area contributed by atoms with Crippen molar-refractivity contribution in [2.45, 2.75) is 44.6 Å². The molecule has 2 aliphatic heterocycles. The van der Waals surface area contributed by atoms with Gasteiger partial charge in [-0.25, -0.2) is 0 Å². The summed E-state index contributed by atoms with van der Waals surface area (Å²) in [5, 5.41) is 9.46. The molecule has 25 heavy (non-hydrogen) atoms. The average molecular weight is 342 g/mol. The first-order chi connectivity index (χ1) is 12.1. The molecular weight excluding hydrogens is 316 g/mol. The molecule has 3 rings (SSSR count). The predicted octanol–water partition coefficient (Wildman–Crippen LogP) is 1.06. The summed E-state index contributed by atoms with van der Waals surface area (Å²) >= 11 is 0. The van der Waals surface area contributed by atoms with E-state index in [2.05, 4.69) is 20.9 Å². The standard InChI is InChI=1S/C19H26N4O2/c1-14-13-18(25)22-19(20-14)23-11-9-16(10-12-23)21-17(24)8-7-15-5-3-2-4-6-15/h2-8,14,16,19-20H,9-13H2,1H3,(H,21,24)(H,22,25)/b8-7+. The Morgan fingerprint density at radius 3 is 2.64 bits per heavy atom. The molecule has 6 nitrogen and oxygen atoms in total. The minimum atomic E-state index is -0.0918. The highest BCUT2D eigenvalue weighted by molar-refractivity contribution is 5.91. The summed E-state index contributed by atoms with van der Waals surface area (Å²) in [7, 11) is 0. The van der Waals surface area contributed by atoms with Gasteiger partial charge in [0.1, 0.15) is 6.29 Å². The molecule has 2 amide bonds. The van der Waals surface area contributed by atoms with Crippen LogP contribution in [0.5, 0.6) is 0 Å². The molecule has 2 unspecified atom stereocenters. The van der Waals surface area contributed by atoms with Crippen molar-refractivity contribution in [2.75, 3.05) is 13.1 Å². The maximum absolute atomic E-state index is 12.1. The lowest BCUT2D eigenvalue weighted by Crippen LogP contribution is -2.65. The van der Waals surface area contributed by atoms with E-state index < -0.39 is 0 Å². The Morgan fingerprint density at radius 1 is 1.24 bits per heavy atom. The van der Waals surface area contributed by atoms with E-state index in [0.717, 1.165) is 31.5 Å². The zero-order valence-corrected chi connectivity index (χ0v) is 14.6. The molecule has 6 heteroatoms. The molecule has 1 aromatic carbocycles. The Morgan fingerprint density at radius 2 is 1.96 bits per heavy atom. The number of benzene rings is 1. The van der Waals surface area contributed by atoms with Crippen molar-refractivity contribution >= 4 is 17.9 Å². The average Bonchev–Trinajstić information content (AvgIpc) is 2.61. The van der Waals surface area contributed by atoms with Crippen LogP contribution in [0.4, 0.5) is 0 Å². The first kappa shape index (κ1) is 17.6. The number of hydrogen-bond donors (Lipinski definition) is 3. The number of amides is 2. The van der Waals surface area contributed by atoms with Gasteiger partial charge in [-0.05, 0) is 31.4 Å². The molecule has 2 saturated heterocycles. The van der Waals surface area contributed by atoms with E-state index in [-0.39, 0.29) is 30.2 Å². The van der Waals surface area contributed by atoms with Crippen molar-refractivity contribution < 1.29 is 9.59 Å². The summed E-state index contributed by atoms with van der Waals surface area (Å²) in [6, 6.07) is 10.2. The largest absolute Gasteiger partial charge is 0.350 e. The molecule has 0 bridgehead atoms. The SMILES string of the molecule is CC1CC(=O)NC(N2CCC(NC(=O)/C=C/c3ccccc3)CC2)N1. The Balaban J connectivity index is 1.44. The van der Waals surface area contributed by atoms with Crippen LogP contribution in [0.25, 0.3) is 6.08 Å². The number of nitrogens with zero attached hydrogens (tertiary/aromatic N) is 1. The molecule has 3 N–H and O–H groups in total. The summed E-state index contributed by atoms with van der Waals surface area (Å²) in [5.74, 6) is 0.0396. The molecule has 0 aliphatic carbocycles. The van der Waals surface area contributed by atoms with Gasteiger partial charge >= 0.3 is 0 Å². The zero-order chi connectivity index (χ0) is 17.6. The van der Waals surface area contributed by atoms with E-state index in [9.17, 15) is 9.59 Å². The Hall–Kier alpha value is -2.18. The van der Waals surface area contributed by atoms with Gasteiger partial charge in [0, 0.05) is 37.7 Å². The lowest BCUT2D eigenvalue weighted by molar-refractivity contribution is -0.127. The molecule has 0 spiro atoms. The third-order valence-corrected chi connectivity index (χ3v) is 4.70. The van der Waals surface area contributed by atoms with Crippen LogP contribution in [0.3, 0.4) is 0 Å². The quantitative estimate of drug-likeness (QED) is 0.716. The number of carbonyl (C=O) groups is 2. The van der Waals surface area contributed by atoms with E-state index in [1.807, 2.05) is 43.3 Å². The normalized spacial score (nSPS) is 25.7. The summed E-state index contributed by atoms with van der Waals surface area (Å²) < 4.78 is 0. The van der Waals surface area contributed by atoms with Crippen molar-refractivity contribution in [3.63, 3.8) is 0 Å². The highest BCUT2D eigenvalue weighted by atomic mass is 16.2. The fourth-order valence-corrected chi connectivity index (χ4v) is 3.34. The predicted molar refractivity (Wildman–Crippen MR) is 97.4 cm³/mol. The second kappa shape index (κ2) is 8.27. The molecule has 1 aromatic rings. The Labute approximate surface area is 148 Å². The molecule has 2 heterocycles. The van der Waals surface area contributed by atoms with Crippen LogP contribution >= 0.6 is 0 Å². The monoisotopic (exact) mass is 342 g/mol. The second-order valence-corrected chi connectivity index (χ2v) is 6.80. The van der Waals surface area contributed by atoms with Gasteiger partial charge in [-0.1, -0.05) is 30.3 Å². The van der Waals surface area contributed by atoms with Crippen molar-refractivity contribution in [1.29, 1.82) is 0 Å². The van der Waals surface area contributed by atoms with Gasteiger partial charge in [0.05, 0.1) is 0 Å². The summed E-state index contributed by atoms with van der Waals surface area (Å²) in [6.45, 7) is 3.72. The number of likely N-dealkylation sites (tertiary alicyclic amines) is 1. The molecule has 2 aliphatic rings. The fraction of sp³-hybridized carbons (Fsp3) is 0.474. The van der Waals surface area contributed by atoms with Gasteiger partial charge in [-0.15, -0.1) is 0 Å². The van der Waals surface area contributed by atoms with Crippen LogP contribution in [0, 0.1) is 0 Å². The van der Waals surface area contributed by atoms with Crippen LogP contribution in [-0.4, -0.2) is 48.2 Å². The van der Waals surface area contributed by atoms with E-state index in [1.54, 1.807) is 6.08 Å². The lowest BCUT2D eigenvalue weighted by atomic mass is 10.0. The molecule has 0 radical (unpaired) electrons.